The van der Waals surface area contributed by atoms with Gasteiger partial charge in [-0.1, -0.05) is 19.9 Å². The Bertz CT molecular complexity index is 1860. The van der Waals surface area contributed by atoms with Crippen LogP contribution in [-0.4, -0.2) is 41.8 Å². The van der Waals surface area contributed by atoms with Crippen LogP contribution in [0.15, 0.2) is 61.1 Å². The molecule has 10 heteroatoms. The van der Waals surface area contributed by atoms with Crippen molar-refractivity contribution >= 4 is 50.8 Å². The zero-order chi connectivity index (χ0) is 27.1. The summed E-state index contributed by atoms with van der Waals surface area (Å²) in [4.78, 5) is 42.7. The molecule has 5 aromatic heterocycles. The maximum atomic E-state index is 12.3. The van der Waals surface area contributed by atoms with E-state index >= 15 is 0 Å². The fourth-order valence-electron chi connectivity index (χ4n) is 4.52. The number of carbonyl (C=O) groups excluding carboxylic acids is 2. The number of anilines is 1. The summed E-state index contributed by atoms with van der Waals surface area (Å²) in [6.07, 6.45) is 5.59. The molecule has 1 aromatic carbocycles. The van der Waals surface area contributed by atoms with Crippen LogP contribution >= 0.6 is 11.3 Å². The molecule has 6 aromatic rings. The van der Waals surface area contributed by atoms with Crippen LogP contribution in [0.5, 0.6) is 0 Å². The largest absolute Gasteiger partial charge is 0.335 e. The molecule has 39 heavy (non-hydrogen) atoms. The third kappa shape index (κ3) is 4.82. The van der Waals surface area contributed by atoms with Crippen molar-refractivity contribution in [2.45, 2.75) is 27.2 Å². The molecule has 0 aliphatic rings. The van der Waals surface area contributed by atoms with Gasteiger partial charge < -0.3 is 10.3 Å². The number of hydrogen-bond acceptors (Lipinski definition) is 7. The number of hydrogen-bond donors (Lipinski definition) is 3. The molecule has 3 N–H and O–H groups in total. The average Bonchev–Trinajstić information content (AvgIpc) is 3.65. The number of benzene rings is 1. The van der Waals surface area contributed by atoms with Gasteiger partial charge in [-0.15, -0.1) is 11.3 Å². The first kappa shape index (κ1) is 24.6. The third-order valence-corrected chi connectivity index (χ3v) is 7.57. The van der Waals surface area contributed by atoms with Gasteiger partial charge in [0.2, 0.25) is 5.91 Å². The molecule has 0 saturated carbocycles. The van der Waals surface area contributed by atoms with Gasteiger partial charge in [-0.2, -0.15) is 5.10 Å². The van der Waals surface area contributed by atoms with Crippen LogP contribution < -0.4 is 5.32 Å². The van der Waals surface area contributed by atoms with Gasteiger partial charge in [0, 0.05) is 40.2 Å². The molecule has 0 unspecified atom stereocenters. The Morgan fingerprint density at radius 3 is 2.72 bits per heavy atom. The van der Waals surface area contributed by atoms with E-state index in [1.165, 1.54) is 11.3 Å². The molecule has 0 aliphatic carbocycles. The van der Waals surface area contributed by atoms with Gasteiger partial charge in [-0.05, 0) is 54.8 Å². The van der Waals surface area contributed by atoms with E-state index in [2.05, 4.69) is 30.5 Å². The van der Waals surface area contributed by atoms with Gasteiger partial charge in [-0.3, -0.25) is 19.7 Å². The van der Waals surface area contributed by atoms with Gasteiger partial charge in [0.25, 0.3) is 0 Å². The van der Waals surface area contributed by atoms with Gasteiger partial charge in [-0.25, -0.2) is 9.97 Å². The number of Topliss-reactive ketones (excluding diaryl/α,β-unsaturated/α-hetero) is 1. The van der Waals surface area contributed by atoms with E-state index in [1.807, 2.05) is 56.3 Å². The fraction of sp³-hybridized carbons (Fsp3) is 0.172. The summed E-state index contributed by atoms with van der Waals surface area (Å²) in [5.41, 5.74) is 6.28. The number of ketones is 1. The van der Waals surface area contributed by atoms with Gasteiger partial charge >= 0.3 is 0 Å². The molecule has 6 rings (SSSR count). The minimum atomic E-state index is -0.0329. The van der Waals surface area contributed by atoms with Crippen molar-refractivity contribution in [1.82, 2.24) is 30.1 Å². The van der Waals surface area contributed by atoms with Gasteiger partial charge in [0.15, 0.2) is 17.3 Å². The number of rotatable bonds is 7. The predicted octanol–water partition coefficient (Wildman–Crippen LogP) is 6.48. The Kier molecular flexibility index (Phi) is 6.24. The van der Waals surface area contributed by atoms with E-state index in [1.54, 1.807) is 25.5 Å². The minimum Gasteiger partial charge on any atom is -0.335 e. The number of amides is 1. The minimum absolute atomic E-state index is 0.0329. The molecule has 0 spiro atoms. The van der Waals surface area contributed by atoms with Crippen molar-refractivity contribution in [2.24, 2.45) is 5.92 Å². The van der Waals surface area contributed by atoms with Crippen molar-refractivity contribution in [3.63, 3.8) is 0 Å². The topological polar surface area (TPSA) is 129 Å². The van der Waals surface area contributed by atoms with E-state index in [0.29, 0.717) is 34.2 Å². The zero-order valence-electron chi connectivity index (χ0n) is 21.6. The van der Waals surface area contributed by atoms with E-state index in [4.69, 9.17) is 4.98 Å². The highest BCUT2D eigenvalue weighted by molar-refractivity contribution is 7.17. The predicted molar refractivity (Wildman–Crippen MR) is 154 cm³/mol. The maximum absolute atomic E-state index is 12.3. The number of imidazole rings is 1. The first-order chi connectivity index (χ1) is 18.9. The highest BCUT2D eigenvalue weighted by atomic mass is 32.1. The van der Waals surface area contributed by atoms with E-state index in [-0.39, 0.29) is 17.6 Å². The fourth-order valence-corrected chi connectivity index (χ4v) is 5.46. The molecule has 194 valence electrons. The summed E-state index contributed by atoms with van der Waals surface area (Å²) in [5.74, 6) is 0.870. The summed E-state index contributed by atoms with van der Waals surface area (Å²) in [6.45, 7) is 5.59. The first-order valence-electron chi connectivity index (χ1n) is 12.6. The molecule has 0 aliphatic heterocycles. The van der Waals surface area contributed by atoms with Crippen LogP contribution in [0.3, 0.4) is 0 Å². The monoisotopic (exact) mass is 535 g/mol. The Balaban J connectivity index is 1.37. The second-order valence-electron chi connectivity index (χ2n) is 9.80. The van der Waals surface area contributed by atoms with Crippen molar-refractivity contribution in [2.75, 3.05) is 5.32 Å². The Hall–Kier alpha value is -4.70. The zero-order valence-corrected chi connectivity index (χ0v) is 22.4. The summed E-state index contributed by atoms with van der Waals surface area (Å²) < 4.78 is 0. The molecule has 1 amide bonds. The van der Waals surface area contributed by atoms with Crippen LogP contribution in [-0.2, 0) is 4.79 Å². The molecule has 0 atom stereocenters. The molecule has 0 bridgehead atoms. The average molecular weight is 536 g/mol. The second-order valence-corrected chi connectivity index (χ2v) is 10.9. The smallest absolute Gasteiger partial charge is 0.224 e. The lowest BCUT2D eigenvalue weighted by atomic mass is 10.0. The lowest BCUT2D eigenvalue weighted by Crippen LogP contribution is -2.13. The first-order valence-corrected chi connectivity index (χ1v) is 13.4. The lowest BCUT2D eigenvalue weighted by Gasteiger charge is -2.09. The standard InChI is InChI=1S/C29H25N7O2S/c1-15(2)10-25(38)32-19-11-18(13-30-14-19)17-4-5-22-21(12-17)27(36-35-22)29-33-26-20(8-9-31-28(26)34-29)24-7-6-23(39-24)16(3)37/h4-9,11-15H,10H2,1-3H3,(H,32,38)(H,35,36)(H,31,33,34). The maximum Gasteiger partial charge on any atom is 0.224 e. The molecular formula is C29H25N7O2S. The van der Waals surface area contributed by atoms with Crippen molar-refractivity contribution < 1.29 is 9.59 Å². The quantitative estimate of drug-likeness (QED) is 0.201. The number of H-pyrrole nitrogens is 2. The number of aromatic amines is 2. The van der Waals surface area contributed by atoms with Crippen LogP contribution in [0.4, 0.5) is 5.69 Å². The second kappa shape index (κ2) is 9.88. The molecule has 9 nitrogen and oxygen atoms in total. The van der Waals surface area contributed by atoms with Gasteiger partial charge in [0.1, 0.15) is 5.69 Å². The van der Waals surface area contributed by atoms with E-state index in [9.17, 15) is 9.59 Å². The molecular weight excluding hydrogens is 510 g/mol. The highest BCUT2D eigenvalue weighted by Gasteiger charge is 2.18. The number of nitrogens with one attached hydrogen (secondary N) is 3. The Morgan fingerprint density at radius 2 is 1.92 bits per heavy atom. The summed E-state index contributed by atoms with van der Waals surface area (Å²) in [6, 6.07) is 13.6. The molecule has 0 fully saturated rings. The molecule has 5 heterocycles. The normalized spacial score (nSPS) is 11.5. The summed E-state index contributed by atoms with van der Waals surface area (Å²) in [7, 11) is 0. The number of aromatic nitrogens is 6. The molecule has 0 saturated heterocycles. The number of nitrogens with zero attached hydrogens (tertiary/aromatic N) is 4. The number of fused-ring (bicyclic) bond motifs is 2. The van der Waals surface area contributed by atoms with Crippen molar-refractivity contribution in [1.29, 1.82) is 0 Å². The van der Waals surface area contributed by atoms with E-state index in [0.717, 1.165) is 38.0 Å². The Labute approximate surface area is 227 Å². The van der Waals surface area contributed by atoms with Crippen LogP contribution in [0.2, 0.25) is 0 Å². The van der Waals surface area contributed by atoms with Crippen LogP contribution in [0.25, 0.3) is 55.2 Å². The Morgan fingerprint density at radius 1 is 1.05 bits per heavy atom. The third-order valence-electron chi connectivity index (χ3n) is 6.35. The highest BCUT2D eigenvalue weighted by Crippen LogP contribution is 2.35. The van der Waals surface area contributed by atoms with Crippen molar-refractivity contribution in [3.8, 4) is 33.1 Å². The lowest BCUT2D eigenvalue weighted by molar-refractivity contribution is -0.116. The van der Waals surface area contributed by atoms with E-state index < -0.39 is 0 Å². The molecule has 0 radical (unpaired) electrons. The van der Waals surface area contributed by atoms with Gasteiger partial charge in [0.05, 0.1) is 27.8 Å². The number of carbonyl (C=O) groups is 2. The summed E-state index contributed by atoms with van der Waals surface area (Å²) >= 11 is 1.45. The number of pyridine rings is 2. The van der Waals surface area contributed by atoms with Crippen molar-refractivity contribution in [3.05, 3.63) is 65.9 Å². The van der Waals surface area contributed by atoms with Crippen LogP contribution in [0, 0.1) is 5.92 Å². The summed E-state index contributed by atoms with van der Waals surface area (Å²) in [5, 5.41) is 11.5. The number of thiophene rings is 1. The van der Waals surface area contributed by atoms with Crippen LogP contribution in [0.1, 0.15) is 36.9 Å². The SMILES string of the molecule is CC(=O)c1ccc(-c2ccnc3nc(-c4n[nH]c5ccc(-c6cncc(NC(=O)CC(C)C)c6)cc45)[nH]c23)s1.